The zero-order chi connectivity index (χ0) is 23.0. The summed E-state index contributed by atoms with van der Waals surface area (Å²) in [5, 5.41) is 15.5. The monoisotopic (exact) mass is 439 g/mol. The number of carboxylic acid groups (broad SMARTS) is 1. The Hall–Kier alpha value is -4.27. The molecule has 0 aliphatic rings. The molecule has 4 rings (SSSR count). The number of carbonyl (C=O) groups is 1. The Morgan fingerprint density at radius 2 is 1.53 bits per heavy atom. The Labute approximate surface area is 180 Å². The zero-order valence-corrected chi connectivity index (χ0v) is 16.4. The minimum atomic E-state index is -5.08. The average Bonchev–Trinajstić information content (AvgIpc) is 3.29. The molecule has 0 bridgehead atoms. The second-order valence-electron chi connectivity index (χ2n) is 6.29. The molecule has 4 aromatic rings. The average molecular weight is 439 g/mol. The molecule has 0 radical (unpaired) electrons. The first-order chi connectivity index (χ1) is 15.3. The first-order valence-electron chi connectivity index (χ1n) is 9.21. The predicted molar refractivity (Wildman–Crippen MR) is 112 cm³/mol. The van der Waals surface area contributed by atoms with Gasteiger partial charge in [0.05, 0.1) is 5.56 Å². The van der Waals surface area contributed by atoms with Gasteiger partial charge in [0.15, 0.2) is 0 Å². The molecule has 0 amide bonds. The van der Waals surface area contributed by atoms with Gasteiger partial charge >= 0.3 is 12.1 Å². The molecule has 1 N–H and O–H groups in total. The van der Waals surface area contributed by atoms with Crippen LogP contribution in [-0.4, -0.2) is 32.4 Å². The second kappa shape index (κ2) is 10.2. The largest absolute Gasteiger partial charge is 0.490 e. The SMILES string of the molecule is C(=Cc1ccccc1-c1nnc(-c2cccnc2)o1)c1ccccc1.O=C(O)C(F)(F)F. The fourth-order valence-corrected chi connectivity index (χ4v) is 2.53. The molecule has 9 heteroatoms. The van der Waals surface area contributed by atoms with Crippen molar-refractivity contribution in [3.8, 4) is 22.9 Å². The van der Waals surface area contributed by atoms with E-state index in [4.69, 9.17) is 14.3 Å². The van der Waals surface area contributed by atoms with Crippen LogP contribution in [0.1, 0.15) is 11.1 Å². The standard InChI is InChI=1S/C21H15N3O.C2HF3O2/c1-2-7-16(8-3-1)12-13-17-9-4-5-11-19(17)21-24-23-20(25-21)18-10-6-14-22-15-18;3-2(4,5)1(6)7/h1-15H;(H,6,7). The summed E-state index contributed by atoms with van der Waals surface area (Å²) in [6.45, 7) is 0. The Morgan fingerprint density at radius 1 is 0.875 bits per heavy atom. The summed E-state index contributed by atoms with van der Waals surface area (Å²) in [4.78, 5) is 13.0. The van der Waals surface area contributed by atoms with Crippen molar-refractivity contribution < 1.29 is 27.5 Å². The lowest BCUT2D eigenvalue weighted by molar-refractivity contribution is -0.192. The molecule has 0 spiro atoms. The maximum atomic E-state index is 10.6. The molecule has 162 valence electrons. The predicted octanol–water partition coefficient (Wildman–Crippen LogP) is 5.60. The van der Waals surface area contributed by atoms with Crippen molar-refractivity contribution in [1.29, 1.82) is 0 Å². The Kier molecular flexibility index (Phi) is 7.12. The number of nitrogens with zero attached hydrogens (tertiary/aromatic N) is 3. The molecular weight excluding hydrogens is 423 g/mol. The topological polar surface area (TPSA) is 89.1 Å². The van der Waals surface area contributed by atoms with Gasteiger partial charge in [-0.2, -0.15) is 13.2 Å². The smallest absolute Gasteiger partial charge is 0.475 e. The van der Waals surface area contributed by atoms with Crippen molar-refractivity contribution >= 4 is 18.1 Å². The lowest BCUT2D eigenvalue weighted by Gasteiger charge is -2.01. The summed E-state index contributed by atoms with van der Waals surface area (Å²) in [5.74, 6) is -1.80. The molecule has 0 aliphatic carbocycles. The van der Waals surface area contributed by atoms with Crippen LogP contribution >= 0.6 is 0 Å². The molecule has 6 nitrogen and oxygen atoms in total. The molecule has 0 aliphatic heterocycles. The molecule has 0 atom stereocenters. The summed E-state index contributed by atoms with van der Waals surface area (Å²) < 4.78 is 37.6. The highest BCUT2D eigenvalue weighted by Crippen LogP contribution is 2.27. The van der Waals surface area contributed by atoms with Gasteiger partial charge in [0.1, 0.15) is 0 Å². The van der Waals surface area contributed by atoms with Gasteiger partial charge in [0.2, 0.25) is 11.8 Å². The van der Waals surface area contributed by atoms with E-state index in [1.54, 1.807) is 12.4 Å². The number of benzene rings is 2. The van der Waals surface area contributed by atoms with Crippen LogP contribution in [0.3, 0.4) is 0 Å². The van der Waals surface area contributed by atoms with Crippen LogP contribution in [0.15, 0.2) is 83.5 Å². The van der Waals surface area contributed by atoms with Gasteiger partial charge in [0.25, 0.3) is 0 Å². The number of halogens is 3. The van der Waals surface area contributed by atoms with E-state index in [1.165, 1.54) is 0 Å². The molecule has 0 fully saturated rings. The summed E-state index contributed by atoms with van der Waals surface area (Å²) in [5.41, 5.74) is 3.86. The number of carboxylic acids is 1. The number of rotatable bonds is 4. The molecule has 0 saturated heterocycles. The number of aromatic nitrogens is 3. The third-order valence-electron chi connectivity index (χ3n) is 4.02. The maximum absolute atomic E-state index is 10.6. The van der Waals surface area contributed by atoms with Gasteiger partial charge in [-0.25, -0.2) is 4.79 Å². The number of pyridine rings is 1. The van der Waals surface area contributed by atoms with E-state index in [1.807, 2.05) is 54.6 Å². The molecular formula is C23H16F3N3O3. The minimum Gasteiger partial charge on any atom is -0.475 e. The van der Waals surface area contributed by atoms with Crippen molar-refractivity contribution in [3.63, 3.8) is 0 Å². The third kappa shape index (κ3) is 6.11. The number of alkyl halides is 3. The van der Waals surface area contributed by atoms with Gasteiger partial charge in [-0.1, -0.05) is 60.7 Å². The van der Waals surface area contributed by atoms with Crippen LogP contribution in [-0.2, 0) is 4.79 Å². The third-order valence-corrected chi connectivity index (χ3v) is 4.02. The highest BCUT2D eigenvalue weighted by atomic mass is 19.4. The number of hydrogen-bond donors (Lipinski definition) is 1. The van der Waals surface area contributed by atoms with E-state index >= 15 is 0 Å². The highest BCUT2D eigenvalue weighted by molar-refractivity contribution is 5.78. The Balaban J connectivity index is 0.000000360. The lowest BCUT2D eigenvalue weighted by atomic mass is 10.1. The van der Waals surface area contributed by atoms with Gasteiger partial charge < -0.3 is 9.52 Å². The first kappa shape index (κ1) is 22.4. The van der Waals surface area contributed by atoms with E-state index in [2.05, 4.69) is 39.5 Å². The van der Waals surface area contributed by atoms with E-state index in [-0.39, 0.29) is 0 Å². The van der Waals surface area contributed by atoms with Crippen molar-refractivity contribution in [3.05, 3.63) is 90.3 Å². The highest BCUT2D eigenvalue weighted by Gasteiger charge is 2.38. The van der Waals surface area contributed by atoms with E-state index in [9.17, 15) is 13.2 Å². The van der Waals surface area contributed by atoms with Crippen molar-refractivity contribution in [1.82, 2.24) is 15.2 Å². The number of aliphatic carboxylic acids is 1. The van der Waals surface area contributed by atoms with Crippen LogP contribution in [0.2, 0.25) is 0 Å². The number of hydrogen-bond acceptors (Lipinski definition) is 5. The zero-order valence-electron chi connectivity index (χ0n) is 16.4. The quantitative estimate of drug-likeness (QED) is 0.416. The molecule has 0 saturated carbocycles. The molecule has 32 heavy (non-hydrogen) atoms. The van der Waals surface area contributed by atoms with Gasteiger partial charge in [0, 0.05) is 18.0 Å². The second-order valence-corrected chi connectivity index (χ2v) is 6.29. The van der Waals surface area contributed by atoms with Gasteiger partial charge in [-0.15, -0.1) is 10.2 Å². The van der Waals surface area contributed by atoms with Crippen LogP contribution in [0.25, 0.3) is 35.1 Å². The summed E-state index contributed by atoms with van der Waals surface area (Å²) in [6.07, 6.45) is 2.46. The van der Waals surface area contributed by atoms with Gasteiger partial charge in [-0.3, -0.25) is 4.98 Å². The fourth-order valence-electron chi connectivity index (χ4n) is 2.53. The Morgan fingerprint density at radius 3 is 2.19 bits per heavy atom. The Bertz CT molecular complexity index is 1190. The van der Waals surface area contributed by atoms with E-state index in [0.717, 1.165) is 22.3 Å². The first-order valence-corrected chi connectivity index (χ1v) is 9.21. The van der Waals surface area contributed by atoms with Crippen LogP contribution in [0, 0.1) is 0 Å². The van der Waals surface area contributed by atoms with Crippen LogP contribution in [0.4, 0.5) is 13.2 Å². The fraction of sp³-hybridized carbons (Fsp3) is 0.0435. The van der Waals surface area contributed by atoms with E-state index in [0.29, 0.717) is 11.8 Å². The van der Waals surface area contributed by atoms with Crippen molar-refractivity contribution in [2.75, 3.05) is 0 Å². The van der Waals surface area contributed by atoms with E-state index < -0.39 is 12.1 Å². The molecule has 2 heterocycles. The van der Waals surface area contributed by atoms with Crippen molar-refractivity contribution in [2.24, 2.45) is 0 Å². The molecule has 2 aromatic heterocycles. The van der Waals surface area contributed by atoms with Gasteiger partial charge in [-0.05, 0) is 29.3 Å². The normalized spacial score (nSPS) is 11.1. The minimum absolute atomic E-state index is 0.463. The summed E-state index contributed by atoms with van der Waals surface area (Å²) >= 11 is 0. The summed E-state index contributed by atoms with van der Waals surface area (Å²) in [6, 6.07) is 21.9. The maximum Gasteiger partial charge on any atom is 0.490 e. The molecule has 0 unspecified atom stereocenters. The van der Waals surface area contributed by atoms with Crippen molar-refractivity contribution in [2.45, 2.75) is 6.18 Å². The summed E-state index contributed by atoms with van der Waals surface area (Å²) in [7, 11) is 0. The van der Waals surface area contributed by atoms with Crippen LogP contribution < -0.4 is 0 Å². The lowest BCUT2D eigenvalue weighted by Crippen LogP contribution is -2.21. The van der Waals surface area contributed by atoms with Crippen LogP contribution in [0.5, 0.6) is 0 Å². The molecule has 2 aromatic carbocycles.